The van der Waals surface area contributed by atoms with E-state index in [0.29, 0.717) is 5.71 Å². The number of hydrogen-bond acceptors (Lipinski definition) is 10. The van der Waals surface area contributed by atoms with Crippen LogP contribution < -0.4 is 22.8 Å². The van der Waals surface area contributed by atoms with E-state index in [-0.39, 0.29) is 0 Å². The van der Waals surface area contributed by atoms with Crippen LogP contribution >= 0.6 is 0 Å². The fourth-order valence-electron chi connectivity index (χ4n) is 15.5. The van der Waals surface area contributed by atoms with E-state index in [0.717, 1.165) is 166 Å². The van der Waals surface area contributed by atoms with Gasteiger partial charge in [0.15, 0.2) is 58.9 Å². The van der Waals surface area contributed by atoms with Crippen molar-refractivity contribution in [1.29, 1.82) is 0 Å². The summed E-state index contributed by atoms with van der Waals surface area (Å²) in [6, 6.07) is 58.4. The van der Waals surface area contributed by atoms with Gasteiger partial charge in [0.25, 0.3) is 0 Å². The Kier molecular flexibility index (Phi) is 18.7. The third-order valence-corrected chi connectivity index (χ3v) is 20.8. The topological polar surface area (TPSA) is 150 Å². The normalized spacial score (nSPS) is 11.4. The lowest BCUT2D eigenvalue weighted by atomic mass is 10.0. The molecule has 540 valence electrons. The van der Waals surface area contributed by atoms with Crippen LogP contribution in [0.15, 0.2) is 266 Å². The van der Waals surface area contributed by atoms with Crippen molar-refractivity contribution in [3.63, 3.8) is 0 Å². The van der Waals surface area contributed by atoms with Gasteiger partial charge in [-0.1, -0.05) is 54.6 Å². The van der Waals surface area contributed by atoms with E-state index < -0.39 is 0 Å². The molecule has 0 unspecified atom stereocenters. The lowest BCUT2D eigenvalue weighted by molar-refractivity contribution is -0.660. The van der Waals surface area contributed by atoms with Crippen molar-refractivity contribution >= 4 is 110 Å². The van der Waals surface area contributed by atoms with Gasteiger partial charge in [0.1, 0.15) is 68.6 Å². The van der Waals surface area contributed by atoms with Gasteiger partial charge in [-0.3, -0.25) is 19.9 Å². The quantitative estimate of drug-likeness (QED) is 0.152. The first-order valence-electron chi connectivity index (χ1n) is 36.9. The van der Waals surface area contributed by atoms with Crippen molar-refractivity contribution in [3.8, 4) is 56.3 Å². The number of furan rings is 5. The molecule has 15 nitrogen and oxygen atoms in total. The molecule has 0 aliphatic carbocycles. The first-order chi connectivity index (χ1) is 53.2. The molecule has 0 atom stereocenters. The van der Waals surface area contributed by atoms with Crippen LogP contribution in [0.1, 0.15) is 55.6 Å². The van der Waals surface area contributed by atoms with E-state index in [1.54, 1.807) is 18.6 Å². The van der Waals surface area contributed by atoms with E-state index in [4.69, 9.17) is 22.1 Å². The second-order valence-corrected chi connectivity index (χ2v) is 29.0. The summed E-state index contributed by atoms with van der Waals surface area (Å²) in [5.74, 6) is 0. The molecule has 20 rings (SSSR count). The fraction of sp³-hybridized carbons (Fsp3) is 0.158. The molecule has 15 aromatic heterocycles. The van der Waals surface area contributed by atoms with Gasteiger partial charge in [-0.25, -0.2) is 27.8 Å². The van der Waals surface area contributed by atoms with Gasteiger partial charge in [-0.05, 0) is 182 Å². The number of hydrogen-bond donors (Lipinski definition) is 0. The molecule has 0 fully saturated rings. The first kappa shape index (κ1) is 70.9. The van der Waals surface area contributed by atoms with Gasteiger partial charge in [0.2, 0.25) is 34.2 Å². The van der Waals surface area contributed by atoms with Crippen LogP contribution in [-0.4, -0.2) is 24.9 Å². The Bertz CT molecular complexity index is 6040. The summed E-state index contributed by atoms with van der Waals surface area (Å²) in [6.45, 7) is 21.1. The summed E-state index contributed by atoms with van der Waals surface area (Å²) in [4.78, 5) is 21.8. The molecule has 110 heavy (non-hydrogen) atoms. The summed E-state index contributed by atoms with van der Waals surface area (Å²) in [5, 5.41) is 8.74. The van der Waals surface area contributed by atoms with E-state index in [1.165, 1.54) is 50.1 Å². The number of rotatable bonds is 5. The molecule has 0 radical (unpaired) electrons. The maximum absolute atomic E-state index is 6.15. The fourth-order valence-corrected chi connectivity index (χ4v) is 15.5. The molecule has 0 N–H and O–H groups in total. The van der Waals surface area contributed by atoms with E-state index in [1.807, 2.05) is 73.3 Å². The van der Waals surface area contributed by atoms with Crippen LogP contribution in [-0.2, 0) is 35.2 Å². The van der Waals surface area contributed by atoms with Gasteiger partial charge in [0, 0.05) is 138 Å². The minimum absolute atomic E-state index is 0.694. The summed E-state index contributed by atoms with van der Waals surface area (Å²) in [7, 11) is 10.4. The zero-order chi connectivity index (χ0) is 76.3. The minimum atomic E-state index is 0.694. The number of benzene rings is 5. The molecule has 0 aliphatic heterocycles. The second-order valence-electron chi connectivity index (χ2n) is 29.0. The number of aryl methyl sites for hydroxylation is 15. The maximum atomic E-state index is 6.15. The SMILES string of the molecule is Cc1ccc(-c2c(C)ccc3c2oc2cccnc23)[n+](C)c1.Cc1ccc(-c2c(C)ccc3c2oc2ccncc23)[n+](C)c1.Cc1ccc(-c2c(C)ccc3c2oc2cnccc23)[n+](C)c1.Cc1ccc(-c2c(C)ccc3c2oc2ncccc23)[n+](C)c1.Cc1ccc(-c2c(C)cnc3c2oc2ccccc23)[n+](C)c1. The molecule has 15 heterocycles. The highest BCUT2D eigenvalue weighted by Crippen LogP contribution is 2.42. The van der Waals surface area contributed by atoms with Crippen LogP contribution in [0.4, 0.5) is 0 Å². The minimum Gasteiger partial charge on any atom is -0.455 e. The molecule has 0 saturated carbocycles. The molecule has 5 aromatic carbocycles. The average molecular weight is 1450 g/mol. The van der Waals surface area contributed by atoms with Gasteiger partial charge in [-0.15, -0.1) is 0 Å². The largest absolute Gasteiger partial charge is 0.455 e. The smallest absolute Gasteiger partial charge is 0.227 e. The average Bonchev–Trinajstić information content (AvgIpc) is 1.62. The molecule has 15 heteroatoms. The van der Waals surface area contributed by atoms with Crippen molar-refractivity contribution < 1.29 is 44.9 Å². The lowest BCUT2D eigenvalue weighted by Gasteiger charge is -2.05. The van der Waals surface area contributed by atoms with Crippen LogP contribution in [0, 0.1) is 69.2 Å². The third kappa shape index (κ3) is 13.1. The summed E-state index contributed by atoms with van der Waals surface area (Å²) in [5.41, 5.74) is 34.1. The van der Waals surface area contributed by atoms with Gasteiger partial charge >= 0.3 is 0 Å². The monoisotopic (exact) mass is 1450 g/mol. The molecule has 20 aromatic rings. The summed E-state index contributed by atoms with van der Waals surface area (Å²) in [6.07, 6.45) is 23.4. The highest BCUT2D eigenvalue weighted by Gasteiger charge is 2.27. The zero-order valence-electron chi connectivity index (χ0n) is 64.6. The summed E-state index contributed by atoms with van der Waals surface area (Å²) >= 11 is 0. The standard InChI is InChI=1S/5C19H17N2O/c1-12-4-7-16(21(3)11-12)18-13(2)5-6-15-14-8-9-20-10-17(14)22-19(15)18;1-12-4-7-16(21(3)11-12)18-13(2)5-6-14-15-10-20-9-8-17(15)22-19(14)18;1-12-6-9-15(21(3)11-12)17-13(2)7-8-14-18-16(22-19(14)17)5-4-10-20-18;1-12-6-9-16(21(3)11-12)17-13(2)7-8-14-15-5-4-10-20-19(15)22-18(14)17;1-12-8-9-15(21(3)11-12)17-13(2)10-20-18-14-6-4-5-7-16(14)22-19(17)18/h5*4-11H,1-3H3/q5*+1. The first-order valence-corrected chi connectivity index (χ1v) is 36.9. The maximum Gasteiger partial charge on any atom is 0.227 e. The predicted molar refractivity (Wildman–Crippen MR) is 438 cm³/mol. The van der Waals surface area contributed by atoms with Crippen molar-refractivity contribution in [1.82, 2.24) is 24.9 Å². The lowest BCUT2D eigenvalue weighted by Crippen LogP contribution is -2.31. The zero-order valence-corrected chi connectivity index (χ0v) is 64.6. The Morgan fingerprint density at radius 1 is 0.236 bits per heavy atom. The number of aromatic nitrogens is 10. The molecule has 0 saturated heterocycles. The Labute approximate surface area is 636 Å². The van der Waals surface area contributed by atoms with Crippen LogP contribution in [0.25, 0.3) is 166 Å². The third-order valence-electron chi connectivity index (χ3n) is 20.8. The molecule has 0 spiro atoms. The van der Waals surface area contributed by atoms with Crippen molar-refractivity contribution in [2.75, 3.05) is 0 Å². The molecule has 0 amide bonds. The Morgan fingerprint density at radius 2 is 0.618 bits per heavy atom. The van der Waals surface area contributed by atoms with Crippen molar-refractivity contribution in [3.05, 3.63) is 300 Å². The van der Waals surface area contributed by atoms with Crippen LogP contribution in [0.3, 0.4) is 0 Å². The molecule has 0 aliphatic rings. The second kappa shape index (κ2) is 29.1. The summed E-state index contributed by atoms with van der Waals surface area (Å²) < 4.78 is 41.4. The molecule has 0 bridgehead atoms. The Balaban J connectivity index is 0.000000104. The Hall–Kier alpha value is -13.4. The van der Waals surface area contributed by atoms with E-state index in [2.05, 4.69) is 305 Å². The highest BCUT2D eigenvalue weighted by atomic mass is 16.3. The Morgan fingerprint density at radius 3 is 1.15 bits per heavy atom. The van der Waals surface area contributed by atoms with Gasteiger partial charge in [0.05, 0.1) is 34.0 Å². The van der Waals surface area contributed by atoms with E-state index >= 15 is 0 Å². The van der Waals surface area contributed by atoms with Crippen molar-refractivity contribution in [2.45, 2.75) is 69.2 Å². The molecular weight excluding hydrogens is 1360 g/mol. The van der Waals surface area contributed by atoms with E-state index in [9.17, 15) is 0 Å². The van der Waals surface area contributed by atoms with Crippen molar-refractivity contribution in [2.24, 2.45) is 35.2 Å². The number of para-hydroxylation sites is 1. The van der Waals surface area contributed by atoms with Gasteiger partial charge < -0.3 is 22.1 Å². The highest BCUT2D eigenvalue weighted by molar-refractivity contribution is 6.13. The molecular formula is C95H85N10O5+5. The number of nitrogens with zero attached hydrogens (tertiary/aromatic N) is 10. The number of fused-ring (bicyclic) bond motifs is 15. The van der Waals surface area contributed by atoms with Crippen LogP contribution in [0.5, 0.6) is 0 Å². The van der Waals surface area contributed by atoms with Gasteiger partial charge in [-0.2, -0.15) is 0 Å². The van der Waals surface area contributed by atoms with Crippen LogP contribution in [0.2, 0.25) is 0 Å². The predicted octanol–water partition coefficient (Wildman–Crippen LogP) is 20.4. The number of pyridine rings is 10.